The van der Waals surface area contributed by atoms with Crippen molar-refractivity contribution in [3.05, 3.63) is 70.4 Å². The number of likely N-dealkylation sites (N-methyl/N-ethyl adjacent to an activating group) is 1. The molecule has 0 saturated carbocycles. The summed E-state index contributed by atoms with van der Waals surface area (Å²) in [7, 11) is 2.02. The van der Waals surface area contributed by atoms with E-state index < -0.39 is 5.97 Å². The summed E-state index contributed by atoms with van der Waals surface area (Å²) in [6, 6.07) is 13.4. The molecule has 30 heavy (non-hydrogen) atoms. The van der Waals surface area contributed by atoms with E-state index in [1.54, 1.807) is 0 Å². The van der Waals surface area contributed by atoms with E-state index in [0.717, 1.165) is 46.3 Å². The van der Waals surface area contributed by atoms with Gasteiger partial charge in [0, 0.05) is 41.8 Å². The van der Waals surface area contributed by atoms with Crippen LogP contribution in [0, 0.1) is 13.8 Å². The second kappa shape index (κ2) is 8.24. The van der Waals surface area contributed by atoms with Crippen LogP contribution in [0.2, 0.25) is 0 Å². The first-order valence-corrected chi connectivity index (χ1v) is 10.0. The number of aryl methyl sites for hydroxylation is 2. The first-order valence-electron chi connectivity index (χ1n) is 10.0. The minimum absolute atomic E-state index is 0.340. The molecule has 1 aliphatic heterocycles. The topological polar surface area (TPSA) is 71.5 Å². The Morgan fingerprint density at radius 2 is 1.87 bits per heavy atom. The summed E-state index contributed by atoms with van der Waals surface area (Å²) in [5.74, 6) is -0.853. The molecule has 0 radical (unpaired) electrons. The maximum absolute atomic E-state index is 13.1. The lowest BCUT2D eigenvalue weighted by Crippen LogP contribution is -2.30. The standard InChI is InChI=1S/C24H25N3O3/c1-15-10-16(2)12-17(11-15)25-22(28)14-30-24(29)23-18-6-4-5-7-20(18)26-21-8-9-27(3)13-19(21)23/h4-7,10-12H,8-9,13-14H2,1-3H3,(H,25,28). The number of esters is 1. The Morgan fingerprint density at radius 3 is 2.63 bits per heavy atom. The smallest absolute Gasteiger partial charge is 0.339 e. The number of rotatable bonds is 4. The highest BCUT2D eigenvalue weighted by molar-refractivity contribution is 6.06. The van der Waals surface area contributed by atoms with Crippen LogP contribution in [-0.4, -0.2) is 42.0 Å². The van der Waals surface area contributed by atoms with Crippen LogP contribution >= 0.6 is 0 Å². The summed E-state index contributed by atoms with van der Waals surface area (Å²) in [4.78, 5) is 32.3. The number of carbonyl (C=O) groups is 2. The molecule has 1 aromatic heterocycles. The summed E-state index contributed by atoms with van der Waals surface area (Å²) >= 11 is 0. The van der Waals surface area contributed by atoms with Gasteiger partial charge in [-0.2, -0.15) is 0 Å². The molecule has 1 N–H and O–H groups in total. The molecule has 2 heterocycles. The zero-order valence-electron chi connectivity index (χ0n) is 17.5. The van der Waals surface area contributed by atoms with Gasteiger partial charge in [-0.3, -0.25) is 9.78 Å². The van der Waals surface area contributed by atoms with Crippen molar-refractivity contribution in [2.24, 2.45) is 0 Å². The summed E-state index contributed by atoms with van der Waals surface area (Å²) in [5, 5.41) is 3.56. The number of hydrogen-bond acceptors (Lipinski definition) is 5. The van der Waals surface area contributed by atoms with E-state index in [0.29, 0.717) is 17.8 Å². The average molecular weight is 403 g/mol. The van der Waals surface area contributed by atoms with Crippen molar-refractivity contribution in [1.29, 1.82) is 0 Å². The van der Waals surface area contributed by atoms with Crippen molar-refractivity contribution in [3.8, 4) is 0 Å². The van der Waals surface area contributed by atoms with E-state index in [4.69, 9.17) is 9.72 Å². The quantitative estimate of drug-likeness (QED) is 0.674. The molecule has 1 amide bonds. The van der Waals surface area contributed by atoms with Crippen molar-refractivity contribution in [2.75, 3.05) is 25.5 Å². The predicted molar refractivity (Wildman–Crippen MR) is 117 cm³/mol. The largest absolute Gasteiger partial charge is 0.452 e. The molecular formula is C24H25N3O3. The van der Waals surface area contributed by atoms with Crippen molar-refractivity contribution in [2.45, 2.75) is 26.8 Å². The number of benzene rings is 2. The van der Waals surface area contributed by atoms with Gasteiger partial charge in [-0.25, -0.2) is 4.79 Å². The van der Waals surface area contributed by atoms with E-state index >= 15 is 0 Å². The molecular weight excluding hydrogens is 378 g/mol. The van der Waals surface area contributed by atoms with Crippen LogP contribution in [0.3, 0.4) is 0 Å². The fourth-order valence-electron chi connectivity index (χ4n) is 4.01. The van der Waals surface area contributed by atoms with Gasteiger partial charge >= 0.3 is 5.97 Å². The molecule has 154 valence electrons. The Balaban J connectivity index is 1.56. The Kier molecular flexibility index (Phi) is 5.50. The molecule has 6 heteroatoms. The molecule has 0 saturated heterocycles. The van der Waals surface area contributed by atoms with Crippen molar-refractivity contribution in [1.82, 2.24) is 9.88 Å². The van der Waals surface area contributed by atoms with Crippen LogP contribution < -0.4 is 5.32 Å². The number of nitrogens with one attached hydrogen (secondary N) is 1. The first-order chi connectivity index (χ1) is 14.4. The number of aromatic nitrogens is 1. The maximum Gasteiger partial charge on any atom is 0.339 e. The van der Waals surface area contributed by atoms with Gasteiger partial charge in [-0.05, 0) is 50.2 Å². The number of pyridine rings is 1. The Labute approximate surface area is 175 Å². The zero-order chi connectivity index (χ0) is 21.3. The Hall–Kier alpha value is -3.25. The first kappa shape index (κ1) is 20.0. The fourth-order valence-corrected chi connectivity index (χ4v) is 4.01. The van der Waals surface area contributed by atoms with Crippen molar-refractivity contribution < 1.29 is 14.3 Å². The molecule has 6 nitrogen and oxygen atoms in total. The maximum atomic E-state index is 13.1. The van der Waals surface area contributed by atoms with Crippen molar-refractivity contribution in [3.63, 3.8) is 0 Å². The van der Waals surface area contributed by atoms with Gasteiger partial charge in [0.05, 0.1) is 11.1 Å². The van der Waals surface area contributed by atoms with Crippen LogP contribution in [0.1, 0.15) is 32.7 Å². The van der Waals surface area contributed by atoms with Gasteiger partial charge in [0.1, 0.15) is 0 Å². The number of para-hydroxylation sites is 1. The average Bonchev–Trinajstić information content (AvgIpc) is 2.69. The summed E-state index contributed by atoms with van der Waals surface area (Å²) in [5.41, 5.74) is 5.92. The monoisotopic (exact) mass is 403 g/mol. The number of fused-ring (bicyclic) bond motifs is 2. The summed E-state index contributed by atoms with van der Waals surface area (Å²) in [6.07, 6.45) is 0.782. The second-order valence-electron chi connectivity index (χ2n) is 7.92. The highest BCUT2D eigenvalue weighted by Gasteiger charge is 2.25. The Morgan fingerprint density at radius 1 is 1.13 bits per heavy atom. The molecule has 0 fully saturated rings. The van der Waals surface area contributed by atoms with Gasteiger partial charge in [-0.15, -0.1) is 0 Å². The molecule has 0 aliphatic carbocycles. The van der Waals surface area contributed by atoms with Gasteiger partial charge in [-0.1, -0.05) is 24.3 Å². The highest BCUT2D eigenvalue weighted by atomic mass is 16.5. The number of hydrogen-bond donors (Lipinski definition) is 1. The lowest BCUT2D eigenvalue weighted by molar-refractivity contribution is -0.119. The molecule has 0 spiro atoms. The minimum Gasteiger partial charge on any atom is -0.452 e. The normalized spacial score (nSPS) is 13.7. The van der Waals surface area contributed by atoms with E-state index in [1.165, 1.54) is 0 Å². The number of nitrogens with zero attached hydrogens (tertiary/aromatic N) is 2. The minimum atomic E-state index is -0.490. The van der Waals surface area contributed by atoms with E-state index in [1.807, 2.05) is 63.4 Å². The molecule has 4 rings (SSSR count). The molecule has 1 aliphatic rings. The molecule has 0 unspecified atom stereocenters. The lowest BCUT2D eigenvalue weighted by atomic mass is 9.96. The summed E-state index contributed by atoms with van der Waals surface area (Å²) in [6.45, 7) is 5.12. The van der Waals surface area contributed by atoms with Gasteiger partial charge in [0.2, 0.25) is 0 Å². The number of ether oxygens (including phenoxy) is 1. The SMILES string of the molecule is Cc1cc(C)cc(NC(=O)COC(=O)c2c3c(nc4ccccc24)CCN(C)C3)c1. The third kappa shape index (κ3) is 4.19. The predicted octanol–water partition coefficient (Wildman–Crippen LogP) is 3.64. The van der Waals surface area contributed by atoms with E-state index in [-0.39, 0.29) is 12.5 Å². The molecule has 0 atom stereocenters. The van der Waals surface area contributed by atoms with Crippen LogP contribution in [0.25, 0.3) is 10.9 Å². The molecule has 3 aromatic rings. The van der Waals surface area contributed by atoms with Gasteiger partial charge < -0.3 is 15.0 Å². The Bertz CT molecular complexity index is 1120. The fraction of sp³-hybridized carbons (Fsp3) is 0.292. The van der Waals surface area contributed by atoms with Crippen LogP contribution in [0.4, 0.5) is 5.69 Å². The summed E-state index contributed by atoms with van der Waals surface area (Å²) < 4.78 is 5.43. The zero-order valence-corrected chi connectivity index (χ0v) is 17.5. The molecule has 2 aromatic carbocycles. The van der Waals surface area contributed by atoms with Crippen LogP contribution in [0.5, 0.6) is 0 Å². The van der Waals surface area contributed by atoms with Crippen LogP contribution in [0.15, 0.2) is 42.5 Å². The molecule has 0 bridgehead atoms. The highest BCUT2D eigenvalue weighted by Crippen LogP contribution is 2.28. The van der Waals surface area contributed by atoms with Gasteiger partial charge in [0.25, 0.3) is 5.91 Å². The van der Waals surface area contributed by atoms with E-state index in [2.05, 4.69) is 10.2 Å². The van der Waals surface area contributed by atoms with Gasteiger partial charge in [0.15, 0.2) is 6.61 Å². The third-order valence-electron chi connectivity index (χ3n) is 5.28. The number of carbonyl (C=O) groups excluding carboxylic acids is 2. The second-order valence-corrected chi connectivity index (χ2v) is 7.92. The third-order valence-corrected chi connectivity index (χ3v) is 5.28. The van der Waals surface area contributed by atoms with Crippen LogP contribution in [-0.2, 0) is 22.5 Å². The number of anilines is 1. The van der Waals surface area contributed by atoms with E-state index in [9.17, 15) is 9.59 Å². The number of amides is 1. The lowest BCUT2D eigenvalue weighted by Gasteiger charge is -2.26. The van der Waals surface area contributed by atoms with Crippen molar-refractivity contribution >= 4 is 28.5 Å².